The molecule has 2 N–H and O–H groups in total. The lowest BCUT2D eigenvalue weighted by Gasteiger charge is -2.06. The summed E-state index contributed by atoms with van der Waals surface area (Å²) in [5, 5.41) is 11.6. The van der Waals surface area contributed by atoms with Gasteiger partial charge in [-0.3, -0.25) is 0 Å². The van der Waals surface area contributed by atoms with Crippen LogP contribution in [-0.4, -0.2) is 19.9 Å². The second-order valence-corrected chi connectivity index (χ2v) is 7.80. The van der Waals surface area contributed by atoms with Gasteiger partial charge in [0.15, 0.2) is 11.6 Å². The van der Waals surface area contributed by atoms with Crippen molar-refractivity contribution in [2.75, 3.05) is 5.84 Å². The topological polar surface area (TPSA) is 82.8 Å². The smallest absolute Gasteiger partial charge is 0.210 e. The van der Waals surface area contributed by atoms with Gasteiger partial charge in [-0.15, -0.1) is 10.2 Å². The lowest BCUT2D eigenvalue weighted by atomic mass is 10.0. The van der Waals surface area contributed by atoms with E-state index in [1.165, 1.54) is 28.1 Å². The molecule has 0 saturated heterocycles. The predicted molar refractivity (Wildman–Crippen MR) is 118 cm³/mol. The SMILES string of the molecule is Nn1c(Cc2cccc3ccccc23)nnc1SCc1ncc(-c2ccccc2)o1. The van der Waals surface area contributed by atoms with Gasteiger partial charge in [-0.1, -0.05) is 84.6 Å². The van der Waals surface area contributed by atoms with Crippen LogP contribution in [0.4, 0.5) is 0 Å². The fourth-order valence-corrected chi connectivity index (χ4v) is 4.11. The van der Waals surface area contributed by atoms with Crippen molar-refractivity contribution in [1.82, 2.24) is 19.9 Å². The molecule has 7 heteroatoms. The minimum absolute atomic E-state index is 0.524. The summed E-state index contributed by atoms with van der Waals surface area (Å²) >= 11 is 1.45. The molecule has 0 aliphatic rings. The molecule has 5 aromatic rings. The van der Waals surface area contributed by atoms with Crippen molar-refractivity contribution < 1.29 is 4.42 Å². The van der Waals surface area contributed by atoms with Crippen molar-refractivity contribution >= 4 is 22.5 Å². The zero-order valence-corrected chi connectivity index (χ0v) is 16.9. The molecule has 3 aromatic carbocycles. The minimum Gasteiger partial charge on any atom is -0.440 e. The van der Waals surface area contributed by atoms with E-state index in [0.717, 1.165) is 11.3 Å². The molecule has 2 heterocycles. The van der Waals surface area contributed by atoms with Gasteiger partial charge in [-0.25, -0.2) is 9.66 Å². The Morgan fingerprint density at radius 2 is 1.70 bits per heavy atom. The van der Waals surface area contributed by atoms with Crippen LogP contribution in [0.1, 0.15) is 17.3 Å². The van der Waals surface area contributed by atoms with Gasteiger partial charge < -0.3 is 10.3 Å². The molecule has 148 valence electrons. The Morgan fingerprint density at radius 1 is 0.900 bits per heavy atom. The fraction of sp³-hybridized carbons (Fsp3) is 0.0870. The molecule has 0 atom stereocenters. The molecular weight excluding hydrogens is 394 g/mol. The van der Waals surface area contributed by atoms with Gasteiger partial charge in [-0.2, -0.15) is 0 Å². The molecule has 0 saturated carbocycles. The number of nitrogens with zero attached hydrogens (tertiary/aromatic N) is 4. The average molecular weight is 414 g/mol. The Labute approximate surface area is 177 Å². The second kappa shape index (κ2) is 8.04. The standard InChI is InChI=1S/C23H19N5OS/c24-28-21(13-18-11-6-10-16-7-4-5-12-19(16)18)26-27-23(28)30-15-22-25-14-20(29-22)17-8-2-1-3-9-17/h1-12,14H,13,15,24H2. The second-order valence-electron chi connectivity index (χ2n) is 6.86. The van der Waals surface area contributed by atoms with Crippen LogP contribution < -0.4 is 5.84 Å². The number of nitrogens with two attached hydrogens (primary N) is 1. The number of thioether (sulfide) groups is 1. The van der Waals surface area contributed by atoms with E-state index in [0.29, 0.717) is 29.0 Å². The van der Waals surface area contributed by atoms with E-state index in [1.807, 2.05) is 42.5 Å². The lowest BCUT2D eigenvalue weighted by molar-refractivity contribution is 0.529. The molecule has 2 aromatic heterocycles. The van der Waals surface area contributed by atoms with E-state index >= 15 is 0 Å². The Bertz CT molecular complexity index is 1290. The highest BCUT2D eigenvalue weighted by molar-refractivity contribution is 7.98. The summed E-state index contributed by atoms with van der Waals surface area (Å²) in [4.78, 5) is 4.36. The molecule has 6 nitrogen and oxygen atoms in total. The van der Waals surface area contributed by atoms with Crippen LogP contribution in [0.2, 0.25) is 0 Å². The van der Waals surface area contributed by atoms with Gasteiger partial charge in [0, 0.05) is 12.0 Å². The summed E-state index contributed by atoms with van der Waals surface area (Å²) in [5.41, 5.74) is 2.17. The quantitative estimate of drug-likeness (QED) is 0.321. The number of aromatic nitrogens is 4. The Hall–Kier alpha value is -3.58. The first kappa shape index (κ1) is 18.4. The fourth-order valence-electron chi connectivity index (χ4n) is 3.38. The maximum absolute atomic E-state index is 6.28. The summed E-state index contributed by atoms with van der Waals surface area (Å²) in [6.45, 7) is 0. The Kier molecular flexibility index (Phi) is 4.94. The first-order valence-corrected chi connectivity index (χ1v) is 10.6. The number of nitrogen functional groups attached to an aromatic ring is 1. The maximum atomic E-state index is 6.28. The van der Waals surface area contributed by atoms with Gasteiger partial charge in [0.2, 0.25) is 11.0 Å². The monoisotopic (exact) mass is 413 g/mol. The van der Waals surface area contributed by atoms with Gasteiger partial charge >= 0.3 is 0 Å². The van der Waals surface area contributed by atoms with Crippen molar-refractivity contribution in [3.63, 3.8) is 0 Å². The van der Waals surface area contributed by atoms with Crippen molar-refractivity contribution in [2.45, 2.75) is 17.3 Å². The first-order chi connectivity index (χ1) is 14.8. The number of hydrogen-bond donors (Lipinski definition) is 1. The molecule has 5 rings (SSSR count). The van der Waals surface area contributed by atoms with E-state index in [2.05, 4.69) is 45.5 Å². The summed E-state index contributed by atoms with van der Waals surface area (Å²) in [7, 11) is 0. The number of fused-ring (bicyclic) bond motifs is 1. The van der Waals surface area contributed by atoms with E-state index in [9.17, 15) is 0 Å². The van der Waals surface area contributed by atoms with Crippen molar-refractivity contribution in [1.29, 1.82) is 0 Å². The van der Waals surface area contributed by atoms with E-state index in [-0.39, 0.29) is 0 Å². The molecular formula is C23H19N5OS. The van der Waals surface area contributed by atoms with Crippen LogP contribution in [0.25, 0.3) is 22.1 Å². The van der Waals surface area contributed by atoms with Crippen molar-refractivity contribution in [3.8, 4) is 11.3 Å². The molecule has 0 spiro atoms. The minimum atomic E-state index is 0.524. The number of hydrogen-bond acceptors (Lipinski definition) is 6. The van der Waals surface area contributed by atoms with Crippen LogP contribution in [-0.2, 0) is 12.2 Å². The molecule has 0 bridgehead atoms. The van der Waals surface area contributed by atoms with Gasteiger partial charge in [-0.05, 0) is 16.3 Å². The van der Waals surface area contributed by atoms with Gasteiger partial charge in [0.05, 0.1) is 11.9 Å². The van der Waals surface area contributed by atoms with Crippen molar-refractivity contribution in [2.24, 2.45) is 0 Å². The van der Waals surface area contributed by atoms with E-state index in [1.54, 1.807) is 10.9 Å². The van der Waals surface area contributed by atoms with Crippen molar-refractivity contribution in [3.05, 3.63) is 96.3 Å². The van der Waals surface area contributed by atoms with Gasteiger partial charge in [0.25, 0.3) is 0 Å². The highest BCUT2D eigenvalue weighted by atomic mass is 32.2. The maximum Gasteiger partial charge on any atom is 0.210 e. The van der Waals surface area contributed by atoms with E-state index in [4.69, 9.17) is 10.3 Å². The molecule has 0 aliphatic heterocycles. The zero-order valence-electron chi connectivity index (χ0n) is 16.1. The zero-order chi connectivity index (χ0) is 20.3. The van der Waals surface area contributed by atoms with Crippen LogP contribution in [0, 0.1) is 0 Å². The van der Waals surface area contributed by atoms with Crippen LogP contribution in [0.3, 0.4) is 0 Å². The average Bonchev–Trinajstić information content (AvgIpc) is 3.40. The molecule has 0 unspecified atom stereocenters. The van der Waals surface area contributed by atoms with E-state index < -0.39 is 0 Å². The third-order valence-electron chi connectivity index (χ3n) is 4.90. The third-order valence-corrected chi connectivity index (χ3v) is 5.83. The highest BCUT2D eigenvalue weighted by Gasteiger charge is 2.14. The summed E-state index contributed by atoms with van der Waals surface area (Å²) < 4.78 is 7.40. The van der Waals surface area contributed by atoms with Crippen LogP contribution >= 0.6 is 11.8 Å². The van der Waals surface area contributed by atoms with Crippen LogP contribution in [0.5, 0.6) is 0 Å². The molecule has 30 heavy (non-hydrogen) atoms. The molecule has 0 fully saturated rings. The highest BCUT2D eigenvalue weighted by Crippen LogP contribution is 2.26. The number of benzene rings is 3. The largest absolute Gasteiger partial charge is 0.440 e. The Morgan fingerprint density at radius 3 is 2.60 bits per heavy atom. The number of rotatable bonds is 6. The lowest BCUT2D eigenvalue weighted by Crippen LogP contribution is -2.14. The number of oxazole rings is 1. The first-order valence-electron chi connectivity index (χ1n) is 9.57. The summed E-state index contributed by atoms with van der Waals surface area (Å²) in [5.74, 6) is 8.88. The third kappa shape index (κ3) is 3.67. The Balaban J connectivity index is 1.30. The predicted octanol–water partition coefficient (Wildman–Crippen LogP) is 4.68. The normalized spacial score (nSPS) is 11.2. The molecule has 0 aliphatic carbocycles. The summed E-state index contributed by atoms with van der Waals surface area (Å²) in [6, 6.07) is 24.5. The van der Waals surface area contributed by atoms with Crippen LogP contribution in [0.15, 0.2) is 88.6 Å². The van der Waals surface area contributed by atoms with Gasteiger partial charge in [0.1, 0.15) is 0 Å². The molecule has 0 radical (unpaired) electrons. The summed E-state index contributed by atoms with van der Waals surface area (Å²) in [6.07, 6.45) is 2.35. The molecule has 0 amide bonds.